The first-order valence-electron chi connectivity index (χ1n) is 5.49. The zero-order chi connectivity index (χ0) is 13.1. The summed E-state index contributed by atoms with van der Waals surface area (Å²) in [6.45, 7) is 1.07. The van der Waals surface area contributed by atoms with Gasteiger partial charge in [0.1, 0.15) is 13.2 Å². The number of fused-ring (bicyclic) bond motifs is 1. The van der Waals surface area contributed by atoms with Crippen LogP contribution >= 0.6 is 0 Å². The molecule has 1 aromatic carbocycles. The average molecular weight is 257 g/mol. The SMILES string of the molecule is CN(Cc1ccc2c(c1)OCCO2)C(=O)C(F)F. The molecule has 0 N–H and O–H groups in total. The van der Waals surface area contributed by atoms with Gasteiger partial charge in [0.2, 0.25) is 0 Å². The molecule has 1 aliphatic rings. The monoisotopic (exact) mass is 257 g/mol. The lowest BCUT2D eigenvalue weighted by molar-refractivity contribution is -0.141. The van der Waals surface area contributed by atoms with Gasteiger partial charge >= 0.3 is 6.43 Å². The van der Waals surface area contributed by atoms with Crippen molar-refractivity contribution in [2.75, 3.05) is 20.3 Å². The summed E-state index contributed by atoms with van der Waals surface area (Å²) in [4.78, 5) is 12.0. The van der Waals surface area contributed by atoms with Gasteiger partial charge in [-0.2, -0.15) is 8.78 Å². The van der Waals surface area contributed by atoms with Gasteiger partial charge in [0.15, 0.2) is 11.5 Å². The van der Waals surface area contributed by atoms with Gasteiger partial charge in [-0.25, -0.2) is 0 Å². The number of benzene rings is 1. The quantitative estimate of drug-likeness (QED) is 0.827. The number of amides is 1. The second-order valence-electron chi connectivity index (χ2n) is 3.97. The van der Waals surface area contributed by atoms with Crippen molar-refractivity contribution in [3.05, 3.63) is 23.8 Å². The molecule has 0 aromatic heterocycles. The molecule has 0 spiro atoms. The molecule has 2 rings (SSSR count). The van der Waals surface area contributed by atoms with Gasteiger partial charge in [0, 0.05) is 13.6 Å². The van der Waals surface area contributed by atoms with Crippen LogP contribution in [0, 0.1) is 0 Å². The number of carbonyl (C=O) groups excluding carboxylic acids is 1. The number of hydrogen-bond donors (Lipinski definition) is 0. The van der Waals surface area contributed by atoms with E-state index < -0.39 is 12.3 Å². The van der Waals surface area contributed by atoms with Gasteiger partial charge in [-0.05, 0) is 17.7 Å². The second-order valence-corrected chi connectivity index (χ2v) is 3.97. The number of rotatable bonds is 3. The minimum absolute atomic E-state index is 0.111. The highest BCUT2D eigenvalue weighted by atomic mass is 19.3. The first kappa shape index (κ1) is 12.6. The average Bonchev–Trinajstić information content (AvgIpc) is 2.37. The van der Waals surface area contributed by atoms with Crippen molar-refractivity contribution in [1.82, 2.24) is 4.90 Å². The van der Waals surface area contributed by atoms with Crippen molar-refractivity contribution in [3.63, 3.8) is 0 Å². The van der Waals surface area contributed by atoms with Crippen LogP contribution in [-0.2, 0) is 11.3 Å². The van der Waals surface area contributed by atoms with Crippen LogP contribution in [0.3, 0.4) is 0 Å². The molecule has 4 nitrogen and oxygen atoms in total. The summed E-state index contributed by atoms with van der Waals surface area (Å²) in [7, 11) is 1.34. The molecule has 0 atom stereocenters. The smallest absolute Gasteiger partial charge is 0.315 e. The highest BCUT2D eigenvalue weighted by molar-refractivity contribution is 5.79. The molecule has 1 aromatic rings. The van der Waals surface area contributed by atoms with Gasteiger partial charge in [-0.15, -0.1) is 0 Å². The lowest BCUT2D eigenvalue weighted by atomic mass is 10.2. The predicted molar refractivity (Wildman–Crippen MR) is 59.9 cm³/mol. The summed E-state index contributed by atoms with van der Waals surface area (Å²) < 4.78 is 35.2. The molecule has 0 bridgehead atoms. The van der Waals surface area contributed by atoms with Crippen LogP contribution in [0.4, 0.5) is 8.78 Å². The summed E-state index contributed by atoms with van der Waals surface area (Å²) in [5.74, 6) is 0.0226. The van der Waals surface area contributed by atoms with Gasteiger partial charge < -0.3 is 14.4 Å². The fourth-order valence-electron chi connectivity index (χ4n) is 1.70. The third-order valence-electron chi connectivity index (χ3n) is 2.59. The normalized spacial score (nSPS) is 13.6. The number of alkyl halides is 2. The van der Waals surface area contributed by atoms with E-state index in [1.165, 1.54) is 7.05 Å². The summed E-state index contributed by atoms with van der Waals surface area (Å²) in [6.07, 6.45) is -2.98. The van der Waals surface area contributed by atoms with Crippen molar-refractivity contribution in [2.24, 2.45) is 0 Å². The second kappa shape index (κ2) is 5.20. The molecule has 0 radical (unpaired) electrons. The molecule has 18 heavy (non-hydrogen) atoms. The van der Waals surface area contributed by atoms with Crippen molar-refractivity contribution >= 4 is 5.91 Å². The fraction of sp³-hybridized carbons (Fsp3) is 0.417. The lowest BCUT2D eigenvalue weighted by Gasteiger charge is -2.21. The zero-order valence-corrected chi connectivity index (χ0v) is 9.86. The Morgan fingerprint density at radius 1 is 1.33 bits per heavy atom. The first-order valence-corrected chi connectivity index (χ1v) is 5.49. The van der Waals surface area contributed by atoms with Crippen LogP contribution in [-0.4, -0.2) is 37.5 Å². The molecule has 0 fully saturated rings. The number of ether oxygens (including phenoxy) is 2. The molecule has 1 aliphatic heterocycles. The molecule has 0 saturated carbocycles. The maximum atomic E-state index is 12.2. The molecular formula is C12H13F2NO3. The largest absolute Gasteiger partial charge is 0.486 e. The maximum absolute atomic E-state index is 12.2. The number of carbonyl (C=O) groups is 1. The summed E-state index contributed by atoms with van der Waals surface area (Å²) in [5, 5.41) is 0. The van der Waals surface area contributed by atoms with E-state index in [2.05, 4.69) is 0 Å². The third kappa shape index (κ3) is 2.69. The molecule has 0 aliphatic carbocycles. The Balaban J connectivity index is 2.08. The van der Waals surface area contributed by atoms with Crippen LogP contribution in [0.5, 0.6) is 11.5 Å². The molecule has 0 unspecified atom stereocenters. The number of hydrogen-bond acceptors (Lipinski definition) is 3. The van der Waals surface area contributed by atoms with E-state index in [-0.39, 0.29) is 6.54 Å². The topological polar surface area (TPSA) is 38.8 Å². The van der Waals surface area contributed by atoms with Crippen LogP contribution in [0.25, 0.3) is 0 Å². The number of nitrogens with zero attached hydrogens (tertiary/aromatic N) is 1. The lowest BCUT2D eigenvalue weighted by Crippen LogP contribution is -2.31. The van der Waals surface area contributed by atoms with E-state index in [0.29, 0.717) is 24.7 Å². The Morgan fingerprint density at radius 3 is 2.67 bits per heavy atom. The van der Waals surface area contributed by atoms with Crippen LogP contribution in [0.2, 0.25) is 0 Å². The van der Waals surface area contributed by atoms with E-state index in [0.717, 1.165) is 10.5 Å². The van der Waals surface area contributed by atoms with E-state index >= 15 is 0 Å². The minimum atomic E-state index is -2.98. The minimum Gasteiger partial charge on any atom is -0.486 e. The highest BCUT2D eigenvalue weighted by Gasteiger charge is 2.20. The third-order valence-corrected chi connectivity index (χ3v) is 2.59. The van der Waals surface area contributed by atoms with Crippen molar-refractivity contribution < 1.29 is 23.0 Å². The summed E-state index contributed by atoms with van der Waals surface area (Å²) in [5.41, 5.74) is 0.718. The number of halogens is 2. The van der Waals surface area contributed by atoms with Crippen LogP contribution in [0.1, 0.15) is 5.56 Å². The molecule has 1 heterocycles. The van der Waals surface area contributed by atoms with E-state index in [9.17, 15) is 13.6 Å². The highest BCUT2D eigenvalue weighted by Crippen LogP contribution is 2.31. The van der Waals surface area contributed by atoms with Crippen molar-refractivity contribution in [1.29, 1.82) is 0 Å². The summed E-state index contributed by atoms with van der Waals surface area (Å²) >= 11 is 0. The van der Waals surface area contributed by atoms with E-state index in [1.54, 1.807) is 18.2 Å². The van der Waals surface area contributed by atoms with Gasteiger partial charge in [-0.1, -0.05) is 6.07 Å². The van der Waals surface area contributed by atoms with Gasteiger partial charge in [0.25, 0.3) is 5.91 Å². The predicted octanol–water partition coefficient (Wildman–Crippen LogP) is 1.68. The molecular weight excluding hydrogens is 244 g/mol. The van der Waals surface area contributed by atoms with Crippen LogP contribution < -0.4 is 9.47 Å². The Hall–Kier alpha value is -1.85. The van der Waals surface area contributed by atoms with E-state index in [1.807, 2.05) is 0 Å². The van der Waals surface area contributed by atoms with E-state index in [4.69, 9.17) is 9.47 Å². The standard InChI is InChI=1S/C12H13F2NO3/c1-15(12(16)11(13)14)7-8-2-3-9-10(6-8)18-5-4-17-9/h2-3,6,11H,4-5,7H2,1H3. The first-order chi connectivity index (χ1) is 8.58. The Labute approximate surface area is 103 Å². The fourth-order valence-corrected chi connectivity index (χ4v) is 1.70. The molecule has 98 valence electrons. The Kier molecular flexibility index (Phi) is 3.64. The van der Waals surface area contributed by atoms with Crippen LogP contribution in [0.15, 0.2) is 18.2 Å². The van der Waals surface area contributed by atoms with Gasteiger partial charge in [-0.3, -0.25) is 4.79 Å². The van der Waals surface area contributed by atoms with Crippen molar-refractivity contribution in [3.8, 4) is 11.5 Å². The molecule has 6 heteroatoms. The zero-order valence-electron chi connectivity index (χ0n) is 9.86. The van der Waals surface area contributed by atoms with Gasteiger partial charge in [0.05, 0.1) is 0 Å². The maximum Gasteiger partial charge on any atom is 0.315 e. The Morgan fingerprint density at radius 2 is 2.00 bits per heavy atom. The molecule has 1 amide bonds. The van der Waals surface area contributed by atoms with Crippen molar-refractivity contribution in [2.45, 2.75) is 13.0 Å². The Bertz CT molecular complexity index is 451. The molecule has 0 saturated heterocycles. The summed E-state index contributed by atoms with van der Waals surface area (Å²) in [6, 6.07) is 5.14.